The first-order valence-electron chi connectivity index (χ1n) is 8.85. The Hall–Kier alpha value is -1.27. The standard InChI is InChI=1S/C17H24F3NO3/c18-17(19,20)14-9-21(8-13(14)16(23)24)15(22)12-6-5-10-3-1-2-4-11(10)7-12/h10-14H,1-9H2,(H,23,24)/t10?,11?,12?,13-,14-/m1/s1. The van der Waals surface area contributed by atoms with Crippen LogP contribution in [0.25, 0.3) is 0 Å². The molecule has 1 aliphatic heterocycles. The van der Waals surface area contributed by atoms with E-state index in [4.69, 9.17) is 5.11 Å². The van der Waals surface area contributed by atoms with Gasteiger partial charge in [0.25, 0.3) is 0 Å². The third kappa shape index (κ3) is 3.40. The van der Waals surface area contributed by atoms with E-state index >= 15 is 0 Å². The lowest BCUT2D eigenvalue weighted by Crippen LogP contribution is -2.40. The van der Waals surface area contributed by atoms with Crippen LogP contribution < -0.4 is 0 Å². The smallest absolute Gasteiger partial charge is 0.394 e. The van der Waals surface area contributed by atoms with Crippen molar-refractivity contribution >= 4 is 11.9 Å². The minimum atomic E-state index is -4.58. The number of amides is 1. The molecule has 0 aromatic heterocycles. The summed E-state index contributed by atoms with van der Waals surface area (Å²) in [5, 5.41) is 9.07. The van der Waals surface area contributed by atoms with Gasteiger partial charge < -0.3 is 10.0 Å². The molecule has 2 saturated carbocycles. The Kier molecular flexibility index (Phi) is 4.80. The second-order valence-corrected chi connectivity index (χ2v) is 7.65. The number of rotatable bonds is 2. The van der Waals surface area contributed by atoms with Crippen LogP contribution in [0, 0.1) is 29.6 Å². The van der Waals surface area contributed by atoms with Crippen molar-refractivity contribution in [1.82, 2.24) is 4.90 Å². The molecule has 2 aliphatic carbocycles. The van der Waals surface area contributed by atoms with Gasteiger partial charge in [0.15, 0.2) is 0 Å². The van der Waals surface area contributed by atoms with Crippen LogP contribution in [0.1, 0.15) is 44.9 Å². The van der Waals surface area contributed by atoms with Crippen molar-refractivity contribution in [2.24, 2.45) is 29.6 Å². The van der Waals surface area contributed by atoms with Crippen molar-refractivity contribution in [3.63, 3.8) is 0 Å². The molecule has 3 unspecified atom stereocenters. The summed E-state index contributed by atoms with van der Waals surface area (Å²) in [5.74, 6) is -4.29. The highest BCUT2D eigenvalue weighted by molar-refractivity contribution is 5.81. The number of carbonyl (C=O) groups is 2. The first kappa shape index (κ1) is 17.5. The maximum absolute atomic E-state index is 13.1. The number of hydrogen-bond donors (Lipinski definition) is 1. The van der Waals surface area contributed by atoms with E-state index in [2.05, 4.69) is 0 Å². The Morgan fingerprint density at radius 3 is 2.21 bits per heavy atom. The quantitative estimate of drug-likeness (QED) is 0.834. The molecule has 0 bridgehead atoms. The summed E-state index contributed by atoms with van der Waals surface area (Å²) in [4.78, 5) is 25.0. The van der Waals surface area contributed by atoms with E-state index in [9.17, 15) is 22.8 Å². The van der Waals surface area contributed by atoms with Crippen LogP contribution in [0.5, 0.6) is 0 Å². The molecule has 136 valence electrons. The Morgan fingerprint density at radius 1 is 0.958 bits per heavy atom. The third-order valence-electron chi connectivity index (χ3n) is 6.26. The summed E-state index contributed by atoms with van der Waals surface area (Å²) >= 11 is 0. The van der Waals surface area contributed by atoms with Gasteiger partial charge in [0, 0.05) is 19.0 Å². The second-order valence-electron chi connectivity index (χ2n) is 7.65. The van der Waals surface area contributed by atoms with Gasteiger partial charge in [-0.1, -0.05) is 25.7 Å². The van der Waals surface area contributed by atoms with E-state index in [1.807, 2.05) is 0 Å². The molecule has 4 nitrogen and oxygen atoms in total. The normalized spacial score (nSPS) is 37.1. The van der Waals surface area contributed by atoms with Gasteiger partial charge in [-0.15, -0.1) is 0 Å². The van der Waals surface area contributed by atoms with Gasteiger partial charge >= 0.3 is 12.1 Å². The average molecular weight is 347 g/mol. The number of carboxylic acid groups (broad SMARTS) is 1. The van der Waals surface area contributed by atoms with Crippen LogP contribution in [0.4, 0.5) is 13.2 Å². The fourth-order valence-corrected chi connectivity index (χ4v) is 4.92. The highest BCUT2D eigenvalue weighted by Gasteiger charge is 2.54. The number of carboxylic acids is 1. The predicted molar refractivity (Wildman–Crippen MR) is 80.0 cm³/mol. The van der Waals surface area contributed by atoms with Gasteiger partial charge in [0.1, 0.15) is 0 Å². The van der Waals surface area contributed by atoms with Gasteiger partial charge in [-0.05, 0) is 31.1 Å². The van der Waals surface area contributed by atoms with E-state index in [-0.39, 0.29) is 18.4 Å². The molecule has 1 N–H and O–H groups in total. The molecule has 0 radical (unpaired) electrons. The molecule has 1 amide bonds. The second kappa shape index (κ2) is 6.56. The van der Waals surface area contributed by atoms with Crippen molar-refractivity contribution in [2.45, 2.75) is 51.1 Å². The van der Waals surface area contributed by atoms with E-state index in [1.54, 1.807) is 0 Å². The van der Waals surface area contributed by atoms with Gasteiger partial charge in [-0.25, -0.2) is 0 Å². The molecule has 1 saturated heterocycles. The molecule has 24 heavy (non-hydrogen) atoms. The van der Waals surface area contributed by atoms with Crippen LogP contribution in [-0.2, 0) is 9.59 Å². The van der Waals surface area contributed by atoms with Crippen LogP contribution >= 0.6 is 0 Å². The molecule has 0 spiro atoms. The Bertz CT molecular complexity index is 508. The van der Waals surface area contributed by atoms with Crippen LogP contribution in [-0.4, -0.2) is 41.1 Å². The minimum Gasteiger partial charge on any atom is -0.481 e. The Labute approximate surface area is 139 Å². The molecule has 7 heteroatoms. The van der Waals surface area contributed by atoms with E-state index in [0.717, 1.165) is 30.6 Å². The van der Waals surface area contributed by atoms with Crippen molar-refractivity contribution in [3.8, 4) is 0 Å². The number of likely N-dealkylation sites (tertiary alicyclic amines) is 1. The number of alkyl halides is 3. The summed E-state index contributed by atoms with van der Waals surface area (Å²) in [7, 11) is 0. The summed E-state index contributed by atoms with van der Waals surface area (Å²) in [5.41, 5.74) is 0. The lowest BCUT2D eigenvalue weighted by atomic mass is 9.67. The van der Waals surface area contributed by atoms with Crippen molar-refractivity contribution in [3.05, 3.63) is 0 Å². The largest absolute Gasteiger partial charge is 0.481 e. The van der Waals surface area contributed by atoms with Gasteiger partial charge in [-0.2, -0.15) is 13.2 Å². The molecule has 0 aromatic carbocycles. The van der Waals surface area contributed by atoms with Gasteiger partial charge in [0.05, 0.1) is 11.8 Å². The maximum Gasteiger partial charge on any atom is 0.394 e. The SMILES string of the molecule is O=C(O)[C@@H]1CN(C(=O)C2CCC3CCCCC3C2)C[C@H]1C(F)(F)F. The van der Waals surface area contributed by atoms with Gasteiger partial charge in [0.2, 0.25) is 5.91 Å². The Morgan fingerprint density at radius 2 is 1.62 bits per heavy atom. The maximum atomic E-state index is 13.1. The molecule has 3 aliphatic rings. The zero-order valence-corrected chi connectivity index (χ0v) is 13.6. The van der Waals surface area contributed by atoms with Gasteiger partial charge in [-0.3, -0.25) is 9.59 Å². The average Bonchev–Trinajstić information content (AvgIpc) is 2.99. The van der Waals surface area contributed by atoms with Crippen LogP contribution in [0.15, 0.2) is 0 Å². The molecule has 3 rings (SSSR count). The molecule has 3 fully saturated rings. The minimum absolute atomic E-state index is 0.231. The first-order valence-corrected chi connectivity index (χ1v) is 8.85. The Balaban J connectivity index is 1.66. The zero-order valence-electron chi connectivity index (χ0n) is 13.6. The highest BCUT2D eigenvalue weighted by atomic mass is 19.4. The summed E-state index contributed by atoms with van der Waals surface area (Å²) in [6.45, 7) is -0.827. The third-order valence-corrected chi connectivity index (χ3v) is 6.26. The summed E-state index contributed by atoms with van der Waals surface area (Å²) in [6.07, 6.45) is 2.59. The topological polar surface area (TPSA) is 57.6 Å². The summed E-state index contributed by atoms with van der Waals surface area (Å²) in [6, 6.07) is 0. The van der Waals surface area contributed by atoms with Crippen LogP contribution in [0.2, 0.25) is 0 Å². The molecular weight excluding hydrogens is 323 g/mol. The van der Waals surface area contributed by atoms with E-state index in [1.165, 1.54) is 19.3 Å². The van der Waals surface area contributed by atoms with Crippen molar-refractivity contribution < 1.29 is 27.9 Å². The fourth-order valence-electron chi connectivity index (χ4n) is 4.92. The van der Waals surface area contributed by atoms with E-state index in [0.29, 0.717) is 11.8 Å². The number of nitrogens with zero attached hydrogens (tertiary/aromatic N) is 1. The number of carbonyl (C=O) groups excluding carboxylic acids is 1. The number of hydrogen-bond acceptors (Lipinski definition) is 2. The monoisotopic (exact) mass is 347 g/mol. The zero-order chi connectivity index (χ0) is 17.5. The highest BCUT2D eigenvalue weighted by Crippen LogP contribution is 2.44. The van der Waals surface area contributed by atoms with E-state index < -0.39 is 30.5 Å². The molecule has 5 atom stereocenters. The fraction of sp³-hybridized carbons (Fsp3) is 0.882. The number of fused-ring (bicyclic) bond motifs is 1. The van der Waals surface area contributed by atoms with Crippen LogP contribution in [0.3, 0.4) is 0 Å². The molecule has 0 aromatic rings. The number of halogens is 3. The lowest BCUT2D eigenvalue weighted by molar-refractivity contribution is -0.188. The van der Waals surface area contributed by atoms with Crippen molar-refractivity contribution in [2.75, 3.05) is 13.1 Å². The molecule has 1 heterocycles. The molecular formula is C17H24F3NO3. The summed E-state index contributed by atoms with van der Waals surface area (Å²) < 4.78 is 39.2. The van der Waals surface area contributed by atoms with Crippen molar-refractivity contribution in [1.29, 1.82) is 0 Å². The number of aliphatic carboxylic acids is 1. The first-order chi connectivity index (χ1) is 11.3. The predicted octanol–water partition coefficient (Wildman–Crippen LogP) is 3.31. The lowest BCUT2D eigenvalue weighted by Gasteiger charge is -2.39.